The van der Waals surface area contributed by atoms with Crippen LogP contribution in [0.2, 0.25) is 0 Å². The van der Waals surface area contributed by atoms with E-state index in [1.165, 1.54) is 6.42 Å². The van der Waals surface area contributed by atoms with Gasteiger partial charge in [0.2, 0.25) is 0 Å². The van der Waals surface area contributed by atoms with E-state index >= 15 is 0 Å². The number of aliphatic hydroxyl groups excluding tert-OH is 1. The zero-order valence-electron chi connectivity index (χ0n) is 6.00. The van der Waals surface area contributed by atoms with Gasteiger partial charge in [-0.15, -0.1) is 0 Å². The standard InChI is InChI=1S/C7H14O2/c1-5-3-6(5)7(8)4-9-2/h5-8H,3-4H2,1-2H3. The Morgan fingerprint density at radius 1 is 1.78 bits per heavy atom. The summed E-state index contributed by atoms with van der Waals surface area (Å²) in [7, 11) is 1.62. The Hall–Kier alpha value is -0.0800. The molecule has 1 N–H and O–H groups in total. The average molecular weight is 130 g/mol. The van der Waals surface area contributed by atoms with Crippen molar-refractivity contribution in [2.24, 2.45) is 11.8 Å². The van der Waals surface area contributed by atoms with Crippen molar-refractivity contribution in [3.05, 3.63) is 0 Å². The Bertz CT molecular complexity index is 92.9. The van der Waals surface area contributed by atoms with Crippen molar-refractivity contribution in [2.75, 3.05) is 13.7 Å². The second-order valence-corrected chi connectivity index (χ2v) is 2.90. The molecule has 1 saturated carbocycles. The third kappa shape index (κ3) is 1.66. The molecule has 1 aliphatic rings. The van der Waals surface area contributed by atoms with Gasteiger partial charge in [0.15, 0.2) is 0 Å². The van der Waals surface area contributed by atoms with Crippen LogP contribution in [-0.4, -0.2) is 24.9 Å². The number of aliphatic hydroxyl groups is 1. The Morgan fingerprint density at radius 3 is 2.67 bits per heavy atom. The summed E-state index contributed by atoms with van der Waals surface area (Å²) in [5.41, 5.74) is 0. The third-order valence-electron chi connectivity index (χ3n) is 2.00. The molecule has 1 aliphatic carbocycles. The van der Waals surface area contributed by atoms with Crippen molar-refractivity contribution in [3.63, 3.8) is 0 Å². The van der Waals surface area contributed by atoms with Crippen LogP contribution in [0.4, 0.5) is 0 Å². The molecule has 54 valence electrons. The van der Waals surface area contributed by atoms with Crippen molar-refractivity contribution in [2.45, 2.75) is 19.4 Å². The minimum Gasteiger partial charge on any atom is -0.390 e. The Kier molecular flexibility index (Phi) is 2.09. The number of methoxy groups -OCH3 is 1. The summed E-state index contributed by atoms with van der Waals surface area (Å²) in [6.07, 6.45) is 0.954. The molecule has 3 unspecified atom stereocenters. The second kappa shape index (κ2) is 2.67. The maximum absolute atomic E-state index is 9.23. The fraction of sp³-hybridized carbons (Fsp3) is 1.00. The summed E-state index contributed by atoms with van der Waals surface area (Å²) in [6, 6.07) is 0. The van der Waals surface area contributed by atoms with Gasteiger partial charge in [0, 0.05) is 7.11 Å². The van der Waals surface area contributed by atoms with Gasteiger partial charge in [0.05, 0.1) is 12.7 Å². The van der Waals surface area contributed by atoms with E-state index in [0.717, 1.165) is 5.92 Å². The van der Waals surface area contributed by atoms with Crippen LogP contribution in [0.25, 0.3) is 0 Å². The molecule has 0 spiro atoms. The Labute approximate surface area is 55.8 Å². The summed E-state index contributed by atoms with van der Waals surface area (Å²) in [4.78, 5) is 0. The van der Waals surface area contributed by atoms with E-state index < -0.39 is 0 Å². The van der Waals surface area contributed by atoms with Crippen molar-refractivity contribution >= 4 is 0 Å². The molecule has 0 saturated heterocycles. The lowest BCUT2D eigenvalue weighted by Gasteiger charge is -2.06. The largest absolute Gasteiger partial charge is 0.390 e. The molecule has 0 bridgehead atoms. The smallest absolute Gasteiger partial charge is 0.0804 e. The van der Waals surface area contributed by atoms with Gasteiger partial charge in [-0.3, -0.25) is 0 Å². The molecule has 1 rings (SSSR count). The highest BCUT2D eigenvalue weighted by Gasteiger charge is 2.38. The van der Waals surface area contributed by atoms with Crippen LogP contribution in [0, 0.1) is 11.8 Å². The second-order valence-electron chi connectivity index (χ2n) is 2.90. The quantitative estimate of drug-likeness (QED) is 0.607. The van der Waals surface area contributed by atoms with Gasteiger partial charge in [0.25, 0.3) is 0 Å². The highest BCUT2D eigenvalue weighted by atomic mass is 16.5. The van der Waals surface area contributed by atoms with E-state index in [9.17, 15) is 5.11 Å². The normalized spacial score (nSPS) is 36.3. The number of hydrogen-bond acceptors (Lipinski definition) is 2. The minimum absolute atomic E-state index is 0.218. The molecular formula is C7H14O2. The first-order valence-corrected chi connectivity index (χ1v) is 3.42. The molecule has 2 nitrogen and oxygen atoms in total. The van der Waals surface area contributed by atoms with Crippen LogP contribution < -0.4 is 0 Å². The molecule has 0 radical (unpaired) electrons. The van der Waals surface area contributed by atoms with Crippen LogP contribution in [0.15, 0.2) is 0 Å². The summed E-state index contributed by atoms with van der Waals surface area (Å²) in [6.45, 7) is 2.65. The monoisotopic (exact) mass is 130 g/mol. The molecule has 9 heavy (non-hydrogen) atoms. The maximum Gasteiger partial charge on any atom is 0.0804 e. The van der Waals surface area contributed by atoms with Gasteiger partial charge in [0.1, 0.15) is 0 Å². The molecule has 0 aliphatic heterocycles. The lowest BCUT2D eigenvalue weighted by molar-refractivity contribution is 0.0478. The third-order valence-corrected chi connectivity index (χ3v) is 2.00. The maximum atomic E-state index is 9.23. The lowest BCUT2D eigenvalue weighted by atomic mass is 10.2. The van der Waals surface area contributed by atoms with E-state index in [-0.39, 0.29) is 6.10 Å². The fourth-order valence-electron chi connectivity index (χ4n) is 1.18. The van der Waals surface area contributed by atoms with E-state index in [2.05, 4.69) is 6.92 Å². The van der Waals surface area contributed by atoms with E-state index in [0.29, 0.717) is 12.5 Å². The molecule has 0 aromatic rings. The number of rotatable bonds is 3. The average Bonchev–Trinajstić information content (AvgIpc) is 2.47. The molecule has 0 aromatic heterocycles. The lowest BCUT2D eigenvalue weighted by Crippen LogP contribution is -2.16. The number of hydrogen-bond donors (Lipinski definition) is 1. The molecular weight excluding hydrogens is 116 g/mol. The Morgan fingerprint density at radius 2 is 2.33 bits per heavy atom. The highest BCUT2D eigenvalue weighted by Crippen LogP contribution is 2.40. The van der Waals surface area contributed by atoms with Gasteiger partial charge in [-0.2, -0.15) is 0 Å². The van der Waals surface area contributed by atoms with Crippen LogP contribution >= 0.6 is 0 Å². The highest BCUT2D eigenvalue weighted by molar-refractivity contribution is 4.87. The molecule has 1 fully saturated rings. The van der Waals surface area contributed by atoms with Crippen LogP contribution in [0.3, 0.4) is 0 Å². The van der Waals surface area contributed by atoms with Gasteiger partial charge in [-0.05, 0) is 18.3 Å². The predicted octanol–water partition coefficient (Wildman–Crippen LogP) is 0.650. The molecule has 0 aromatic carbocycles. The molecule has 0 amide bonds. The minimum atomic E-state index is -0.218. The summed E-state index contributed by atoms with van der Waals surface area (Å²) < 4.78 is 4.80. The first kappa shape index (κ1) is 7.03. The topological polar surface area (TPSA) is 29.5 Å². The predicted molar refractivity (Wildman–Crippen MR) is 35.2 cm³/mol. The van der Waals surface area contributed by atoms with Gasteiger partial charge in [-0.25, -0.2) is 0 Å². The molecule has 3 atom stereocenters. The van der Waals surface area contributed by atoms with Crippen LogP contribution in [0.5, 0.6) is 0 Å². The van der Waals surface area contributed by atoms with Gasteiger partial charge in [-0.1, -0.05) is 6.92 Å². The van der Waals surface area contributed by atoms with E-state index in [1.807, 2.05) is 0 Å². The van der Waals surface area contributed by atoms with E-state index in [1.54, 1.807) is 7.11 Å². The van der Waals surface area contributed by atoms with Crippen molar-refractivity contribution in [1.82, 2.24) is 0 Å². The summed E-state index contributed by atoms with van der Waals surface area (Å²) in [5, 5.41) is 9.23. The summed E-state index contributed by atoms with van der Waals surface area (Å²) in [5.74, 6) is 1.24. The molecule has 0 heterocycles. The SMILES string of the molecule is COCC(O)C1CC1C. The zero-order valence-corrected chi connectivity index (χ0v) is 6.00. The van der Waals surface area contributed by atoms with Crippen molar-refractivity contribution in [3.8, 4) is 0 Å². The first-order chi connectivity index (χ1) is 4.25. The fourth-order valence-corrected chi connectivity index (χ4v) is 1.18. The van der Waals surface area contributed by atoms with Crippen molar-refractivity contribution < 1.29 is 9.84 Å². The van der Waals surface area contributed by atoms with E-state index in [4.69, 9.17) is 4.74 Å². The van der Waals surface area contributed by atoms with Gasteiger partial charge >= 0.3 is 0 Å². The molecule has 2 heteroatoms. The van der Waals surface area contributed by atoms with Crippen molar-refractivity contribution in [1.29, 1.82) is 0 Å². The first-order valence-electron chi connectivity index (χ1n) is 3.42. The Balaban J connectivity index is 2.11. The summed E-state index contributed by atoms with van der Waals surface area (Å²) >= 11 is 0. The van der Waals surface area contributed by atoms with Gasteiger partial charge < -0.3 is 9.84 Å². The zero-order chi connectivity index (χ0) is 6.85. The van der Waals surface area contributed by atoms with Crippen LogP contribution in [-0.2, 0) is 4.74 Å². The van der Waals surface area contributed by atoms with Crippen LogP contribution in [0.1, 0.15) is 13.3 Å². The number of ether oxygens (including phenoxy) is 1.